The van der Waals surface area contributed by atoms with E-state index in [2.05, 4.69) is 15.5 Å². The number of rotatable bonds is 6. The molecule has 0 aliphatic carbocycles. The van der Waals surface area contributed by atoms with Crippen molar-refractivity contribution in [3.63, 3.8) is 0 Å². The molecule has 2 fully saturated rings. The molecule has 2 aliphatic heterocycles. The molecule has 2 aliphatic rings. The highest BCUT2D eigenvalue weighted by Crippen LogP contribution is 2.37. The monoisotopic (exact) mass is 496 g/mol. The fourth-order valence-corrected chi connectivity index (χ4v) is 5.49. The molecular weight excluding hydrogens is 463 g/mol. The summed E-state index contributed by atoms with van der Waals surface area (Å²) in [4.78, 5) is 28.9. The quantitative estimate of drug-likeness (QED) is 0.530. The first-order chi connectivity index (χ1) is 18.1. The molecule has 1 atom stereocenters. The normalized spacial score (nSPS) is 18.2. The molecule has 2 amide bonds. The Morgan fingerprint density at radius 2 is 1.57 bits per heavy atom. The first-order valence-electron chi connectivity index (χ1n) is 13.2. The molecule has 1 aromatic heterocycles. The highest BCUT2D eigenvalue weighted by atomic mass is 16.5. The van der Waals surface area contributed by atoms with Gasteiger partial charge in [0, 0.05) is 31.9 Å². The number of hydrogen-bond acceptors (Lipinski definition) is 5. The van der Waals surface area contributed by atoms with E-state index in [1.165, 1.54) is 0 Å². The maximum absolute atomic E-state index is 13.8. The van der Waals surface area contributed by atoms with Crippen LogP contribution in [0.15, 0.2) is 72.8 Å². The van der Waals surface area contributed by atoms with Crippen LogP contribution in [0.4, 0.5) is 0 Å². The summed E-state index contributed by atoms with van der Waals surface area (Å²) in [5, 5.41) is 11.9. The Morgan fingerprint density at radius 3 is 2.19 bits per heavy atom. The van der Waals surface area contributed by atoms with Crippen LogP contribution in [0.2, 0.25) is 12.6 Å². The summed E-state index contributed by atoms with van der Waals surface area (Å²) in [6, 6.07) is 23.5. The molecule has 5 rings (SSSR count). The van der Waals surface area contributed by atoms with Gasteiger partial charge in [-0.3, -0.25) is 9.59 Å². The molecule has 7 nitrogen and oxygen atoms in total. The van der Waals surface area contributed by atoms with Crippen molar-refractivity contribution in [3.8, 4) is 0 Å². The van der Waals surface area contributed by atoms with Crippen LogP contribution in [0.1, 0.15) is 47.4 Å². The van der Waals surface area contributed by atoms with Crippen LogP contribution in [0.25, 0.3) is 0 Å². The summed E-state index contributed by atoms with van der Waals surface area (Å²) in [6.07, 6.45) is 2.95. The molecule has 190 valence electrons. The van der Waals surface area contributed by atoms with E-state index in [4.69, 9.17) is 4.74 Å². The molecule has 37 heavy (non-hydrogen) atoms. The van der Waals surface area contributed by atoms with Crippen LogP contribution in [-0.4, -0.2) is 59.9 Å². The van der Waals surface area contributed by atoms with E-state index < -0.39 is 5.41 Å². The Kier molecular flexibility index (Phi) is 7.65. The second-order valence-corrected chi connectivity index (χ2v) is 10.1. The van der Waals surface area contributed by atoms with Crippen molar-refractivity contribution in [3.05, 3.63) is 89.6 Å². The van der Waals surface area contributed by atoms with Crippen LogP contribution in [-0.2, 0) is 14.9 Å². The Bertz CT molecular complexity index is 1190. The van der Waals surface area contributed by atoms with Crippen molar-refractivity contribution in [2.45, 2.75) is 43.9 Å². The largest absolute Gasteiger partial charge is 0.383 e. The van der Waals surface area contributed by atoms with E-state index in [-0.39, 0.29) is 17.9 Å². The summed E-state index contributed by atoms with van der Waals surface area (Å²) in [5.41, 5.74) is 2.63. The second kappa shape index (κ2) is 11.3. The molecule has 2 aromatic carbocycles. The van der Waals surface area contributed by atoms with Crippen molar-refractivity contribution in [2.24, 2.45) is 0 Å². The first-order valence-corrected chi connectivity index (χ1v) is 13.2. The molecule has 8 heteroatoms. The van der Waals surface area contributed by atoms with Gasteiger partial charge in [0.2, 0.25) is 12.6 Å². The number of hydrogen-bond donors (Lipinski definition) is 1. The number of likely N-dealkylation sites (tertiary alicyclic amines) is 1. The average molecular weight is 496 g/mol. The van der Waals surface area contributed by atoms with Crippen molar-refractivity contribution < 1.29 is 14.3 Å². The molecule has 2 saturated heterocycles. The van der Waals surface area contributed by atoms with E-state index in [0.717, 1.165) is 42.6 Å². The van der Waals surface area contributed by atoms with E-state index >= 15 is 0 Å². The zero-order valence-corrected chi connectivity index (χ0v) is 21.3. The minimum absolute atomic E-state index is 0.00255. The lowest BCUT2D eigenvalue weighted by molar-refractivity contribution is -0.129. The molecule has 3 aromatic rings. The van der Waals surface area contributed by atoms with Gasteiger partial charge in [-0.05, 0) is 55.7 Å². The third-order valence-electron chi connectivity index (χ3n) is 7.86. The van der Waals surface area contributed by atoms with Gasteiger partial charge < -0.3 is 15.0 Å². The number of piperidine rings is 1. The Hall–Kier alpha value is -3.52. The number of benzene rings is 2. The van der Waals surface area contributed by atoms with Crippen LogP contribution >= 0.6 is 0 Å². The van der Waals surface area contributed by atoms with Gasteiger partial charge in [0.05, 0.1) is 11.5 Å². The third-order valence-corrected chi connectivity index (χ3v) is 7.86. The standard InChI is InChI=1S/C29H33BN4O3/c1-22(23-8-4-2-5-9-23)31-28(36)29(24-10-6-3-7-11-24)14-18-34(19-15-29)27(35)25-12-13-26(33-32-25)30-16-20-37-21-17-30/h2-13,22H,14-21H2,1H3,(H,31,36)/t22-/m0/s1. The lowest BCUT2D eigenvalue weighted by Gasteiger charge is -2.41. The number of ether oxygens (including phenoxy) is 1. The number of carbonyl (C=O) groups is 2. The molecule has 0 unspecified atom stereocenters. The molecule has 3 heterocycles. The average Bonchev–Trinajstić information content (AvgIpc) is 2.98. The van der Waals surface area contributed by atoms with E-state index in [1.807, 2.05) is 73.7 Å². The maximum atomic E-state index is 13.8. The third kappa shape index (κ3) is 5.44. The van der Waals surface area contributed by atoms with Gasteiger partial charge in [0.25, 0.3) is 5.91 Å². The fourth-order valence-electron chi connectivity index (χ4n) is 5.49. The molecule has 0 spiro atoms. The number of amides is 2. The Morgan fingerprint density at radius 1 is 0.919 bits per heavy atom. The van der Waals surface area contributed by atoms with Gasteiger partial charge in [-0.1, -0.05) is 60.7 Å². The van der Waals surface area contributed by atoms with Gasteiger partial charge in [-0.2, -0.15) is 5.10 Å². The highest BCUT2D eigenvalue weighted by molar-refractivity contribution is 6.72. The lowest BCUT2D eigenvalue weighted by atomic mass is 9.42. The molecular formula is C29H33BN4O3. The predicted octanol–water partition coefficient (Wildman–Crippen LogP) is 3.26. The van der Waals surface area contributed by atoms with Crippen LogP contribution in [0.5, 0.6) is 0 Å². The fraction of sp³-hybridized carbons (Fsp3) is 0.379. The molecule has 0 radical (unpaired) electrons. The summed E-state index contributed by atoms with van der Waals surface area (Å²) in [7, 11) is 0. The summed E-state index contributed by atoms with van der Waals surface area (Å²) in [5.74, 6) is -0.131. The minimum Gasteiger partial charge on any atom is -0.383 e. The van der Waals surface area contributed by atoms with Crippen LogP contribution in [0, 0.1) is 0 Å². The van der Waals surface area contributed by atoms with Gasteiger partial charge in [0.1, 0.15) is 0 Å². The van der Waals surface area contributed by atoms with Crippen molar-refractivity contribution >= 4 is 24.1 Å². The van der Waals surface area contributed by atoms with Gasteiger partial charge in [-0.25, -0.2) is 0 Å². The summed E-state index contributed by atoms with van der Waals surface area (Å²) >= 11 is 0. The van der Waals surface area contributed by atoms with Gasteiger partial charge >= 0.3 is 0 Å². The Labute approximate surface area is 218 Å². The summed E-state index contributed by atoms with van der Waals surface area (Å²) in [6.45, 7) is 4.77. The number of nitrogens with zero attached hydrogens (tertiary/aromatic N) is 3. The zero-order chi connectivity index (χ0) is 25.7. The SMILES string of the molecule is C[C@H](NC(=O)C1(c2ccccc2)CCN(C(=O)c2ccc(B3CCOCC3)nn2)CC1)c1ccccc1. The predicted molar refractivity (Wildman–Crippen MR) is 144 cm³/mol. The lowest BCUT2D eigenvalue weighted by Crippen LogP contribution is -2.53. The van der Waals surface area contributed by atoms with Crippen molar-refractivity contribution in [2.75, 3.05) is 26.3 Å². The molecule has 1 N–H and O–H groups in total. The van der Waals surface area contributed by atoms with Crippen molar-refractivity contribution in [1.29, 1.82) is 0 Å². The molecule has 0 bridgehead atoms. The number of carbonyl (C=O) groups excluding carboxylic acids is 2. The number of nitrogens with one attached hydrogen (secondary N) is 1. The topological polar surface area (TPSA) is 84.4 Å². The van der Waals surface area contributed by atoms with Gasteiger partial charge in [0.15, 0.2) is 5.69 Å². The van der Waals surface area contributed by atoms with E-state index in [1.54, 1.807) is 11.0 Å². The Balaban J connectivity index is 1.29. The van der Waals surface area contributed by atoms with E-state index in [9.17, 15) is 9.59 Å². The summed E-state index contributed by atoms with van der Waals surface area (Å²) < 4.78 is 5.43. The molecule has 0 saturated carbocycles. The van der Waals surface area contributed by atoms with Crippen LogP contribution < -0.4 is 10.9 Å². The van der Waals surface area contributed by atoms with Crippen molar-refractivity contribution in [1.82, 2.24) is 20.4 Å². The van der Waals surface area contributed by atoms with Gasteiger partial charge in [-0.15, -0.1) is 5.10 Å². The minimum atomic E-state index is -0.695. The zero-order valence-electron chi connectivity index (χ0n) is 21.3. The first kappa shape index (κ1) is 25.1. The van der Waals surface area contributed by atoms with Crippen LogP contribution in [0.3, 0.4) is 0 Å². The highest BCUT2D eigenvalue weighted by Gasteiger charge is 2.44. The smallest absolute Gasteiger partial charge is 0.274 e. The van der Waals surface area contributed by atoms with E-state index in [0.29, 0.717) is 38.3 Å². The maximum Gasteiger partial charge on any atom is 0.274 e. The second-order valence-electron chi connectivity index (χ2n) is 10.1. The number of aromatic nitrogens is 2.